The first kappa shape index (κ1) is 20.0. The number of aromatic nitrogens is 2. The fraction of sp³-hybridized carbons (Fsp3) is 0.143. The van der Waals surface area contributed by atoms with Crippen LogP contribution < -0.4 is 15.4 Å². The third-order valence-electron chi connectivity index (χ3n) is 5.01. The number of nitriles is 1. The second-order valence-corrected chi connectivity index (χ2v) is 7.65. The maximum atomic E-state index is 13.0. The quantitative estimate of drug-likeness (QED) is 0.457. The SMILES string of the molecule is CN1C(=C(C#N)C(=O)Cn2cnc3c(Cl)cc(Cl)cc3c2=O)N(C)c2ccccc21. The van der Waals surface area contributed by atoms with Gasteiger partial charge in [0.15, 0.2) is 5.78 Å². The van der Waals surface area contributed by atoms with Crippen molar-refractivity contribution in [3.05, 3.63) is 74.5 Å². The van der Waals surface area contributed by atoms with Gasteiger partial charge in [0.1, 0.15) is 17.5 Å². The Balaban J connectivity index is 1.75. The number of allylic oxidation sites excluding steroid dienone is 1. The average molecular weight is 440 g/mol. The third kappa shape index (κ3) is 3.11. The molecule has 0 saturated carbocycles. The van der Waals surface area contributed by atoms with Crippen molar-refractivity contribution in [3.8, 4) is 6.07 Å². The number of nitrogens with zero attached hydrogens (tertiary/aromatic N) is 5. The highest BCUT2D eigenvalue weighted by Gasteiger charge is 2.31. The molecular formula is C21H15Cl2N5O2. The number of ketones is 1. The Morgan fingerprint density at radius 2 is 1.77 bits per heavy atom. The predicted octanol–water partition coefficient (Wildman–Crippen LogP) is 3.59. The first-order chi connectivity index (χ1) is 14.3. The molecular weight excluding hydrogens is 425 g/mol. The Morgan fingerprint density at radius 3 is 2.37 bits per heavy atom. The monoisotopic (exact) mass is 439 g/mol. The lowest BCUT2D eigenvalue weighted by molar-refractivity contribution is -0.115. The maximum Gasteiger partial charge on any atom is 0.261 e. The number of hydrogen-bond donors (Lipinski definition) is 0. The van der Waals surface area contributed by atoms with Crippen LogP contribution in [0.4, 0.5) is 11.4 Å². The molecule has 0 N–H and O–H groups in total. The Hall–Kier alpha value is -3.34. The number of para-hydroxylation sites is 2. The minimum absolute atomic E-state index is 0.0488. The number of benzene rings is 2. The fourth-order valence-electron chi connectivity index (χ4n) is 3.60. The number of rotatable bonds is 3. The van der Waals surface area contributed by atoms with Crippen LogP contribution in [0.5, 0.6) is 0 Å². The molecule has 1 aromatic heterocycles. The zero-order chi connectivity index (χ0) is 21.6. The maximum absolute atomic E-state index is 13.0. The van der Waals surface area contributed by atoms with Crippen molar-refractivity contribution in [1.29, 1.82) is 5.26 Å². The lowest BCUT2D eigenvalue weighted by Gasteiger charge is -2.20. The van der Waals surface area contributed by atoms with E-state index in [9.17, 15) is 14.9 Å². The van der Waals surface area contributed by atoms with Crippen molar-refractivity contribution in [3.63, 3.8) is 0 Å². The number of hydrogen-bond acceptors (Lipinski definition) is 6. The zero-order valence-electron chi connectivity index (χ0n) is 16.1. The number of fused-ring (bicyclic) bond motifs is 2. The first-order valence-electron chi connectivity index (χ1n) is 8.91. The molecule has 0 saturated heterocycles. The molecule has 1 aliphatic heterocycles. The summed E-state index contributed by atoms with van der Waals surface area (Å²) in [5.41, 5.74) is 1.55. The van der Waals surface area contributed by atoms with E-state index in [0.29, 0.717) is 16.4 Å². The van der Waals surface area contributed by atoms with E-state index in [2.05, 4.69) is 4.98 Å². The molecule has 0 amide bonds. The Bertz CT molecular complexity index is 1310. The number of Topliss-reactive ketones (excluding diaryl/α,β-unsaturated/α-hetero) is 1. The van der Waals surface area contributed by atoms with E-state index in [-0.39, 0.29) is 22.5 Å². The molecule has 30 heavy (non-hydrogen) atoms. The smallest absolute Gasteiger partial charge is 0.261 e. The Kier molecular flexibility index (Phi) is 4.98. The summed E-state index contributed by atoms with van der Waals surface area (Å²) in [6, 6.07) is 12.5. The van der Waals surface area contributed by atoms with Crippen LogP contribution in [-0.4, -0.2) is 29.4 Å². The van der Waals surface area contributed by atoms with Crippen LogP contribution in [0.3, 0.4) is 0 Å². The normalized spacial score (nSPS) is 12.8. The molecule has 0 aliphatic carbocycles. The summed E-state index contributed by atoms with van der Waals surface area (Å²) >= 11 is 12.1. The average Bonchev–Trinajstić information content (AvgIpc) is 2.96. The second-order valence-electron chi connectivity index (χ2n) is 6.80. The van der Waals surface area contributed by atoms with Crippen LogP contribution in [0.1, 0.15) is 0 Å². The summed E-state index contributed by atoms with van der Waals surface area (Å²) in [7, 11) is 3.58. The summed E-state index contributed by atoms with van der Waals surface area (Å²) in [4.78, 5) is 33.6. The lowest BCUT2D eigenvalue weighted by atomic mass is 10.1. The van der Waals surface area contributed by atoms with Crippen molar-refractivity contribution in [1.82, 2.24) is 9.55 Å². The van der Waals surface area contributed by atoms with E-state index >= 15 is 0 Å². The lowest BCUT2D eigenvalue weighted by Crippen LogP contribution is -2.30. The molecule has 0 unspecified atom stereocenters. The predicted molar refractivity (Wildman–Crippen MR) is 117 cm³/mol. The summed E-state index contributed by atoms with van der Waals surface area (Å²) in [6.07, 6.45) is 1.25. The van der Waals surface area contributed by atoms with E-state index in [1.165, 1.54) is 18.5 Å². The van der Waals surface area contributed by atoms with Crippen LogP contribution >= 0.6 is 23.2 Å². The third-order valence-corrected chi connectivity index (χ3v) is 5.52. The molecule has 0 radical (unpaired) electrons. The van der Waals surface area contributed by atoms with E-state index < -0.39 is 11.3 Å². The van der Waals surface area contributed by atoms with Crippen molar-refractivity contribution in [2.45, 2.75) is 6.54 Å². The van der Waals surface area contributed by atoms with E-state index in [1.54, 1.807) is 23.9 Å². The van der Waals surface area contributed by atoms with E-state index in [0.717, 1.165) is 15.9 Å². The van der Waals surface area contributed by atoms with Gasteiger partial charge < -0.3 is 9.80 Å². The molecule has 0 atom stereocenters. The van der Waals surface area contributed by atoms with Crippen molar-refractivity contribution in [2.75, 3.05) is 23.9 Å². The molecule has 150 valence electrons. The van der Waals surface area contributed by atoms with Gasteiger partial charge >= 0.3 is 0 Å². The van der Waals surface area contributed by atoms with Gasteiger partial charge in [-0.15, -0.1) is 0 Å². The summed E-state index contributed by atoms with van der Waals surface area (Å²) in [5.74, 6) is -0.0491. The van der Waals surface area contributed by atoms with Crippen LogP contribution in [0.25, 0.3) is 10.9 Å². The molecule has 4 rings (SSSR count). The number of anilines is 2. The van der Waals surface area contributed by atoms with Gasteiger partial charge in [0.2, 0.25) is 0 Å². The first-order valence-corrected chi connectivity index (χ1v) is 9.67. The van der Waals surface area contributed by atoms with Gasteiger partial charge in [-0.25, -0.2) is 4.98 Å². The largest absolute Gasteiger partial charge is 0.328 e. The van der Waals surface area contributed by atoms with Crippen LogP contribution in [0.15, 0.2) is 58.9 Å². The Morgan fingerprint density at radius 1 is 1.13 bits per heavy atom. The van der Waals surface area contributed by atoms with Crippen LogP contribution in [0.2, 0.25) is 10.0 Å². The zero-order valence-corrected chi connectivity index (χ0v) is 17.6. The molecule has 3 aromatic rings. The minimum atomic E-state index is -0.504. The van der Waals surface area contributed by atoms with Crippen molar-refractivity contribution < 1.29 is 4.79 Å². The van der Waals surface area contributed by atoms with Gasteiger partial charge in [-0.2, -0.15) is 5.26 Å². The van der Waals surface area contributed by atoms with Gasteiger partial charge in [0, 0.05) is 19.1 Å². The Labute approximate surface area is 182 Å². The molecule has 2 heterocycles. The molecule has 1 aliphatic rings. The standard InChI is InChI=1S/C21H15Cl2N5O2/c1-26-16-5-3-4-6-17(16)27(2)20(26)14(9-24)18(29)10-28-11-25-19-13(21(28)30)7-12(22)8-15(19)23/h3-8,11H,10H2,1-2H3. The minimum Gasteiger partial charge on any atom is -0.328 e. The van der Waals surface area contributed by atoms with Gasteiger partial charge in [0.05, 0.1) is 40.2 Å². The summed E-state index contributed by atoms with van der Waals surface area (Å²) < 4.78 is 1.15. The van der Waals surface area contributed by atoms with Gasteiger partial charge in [-0.1, -0.05) is 35.3 Å². The highest BCUT2D eigenvalue weighted by atomic mass is 35.5. The fourth-order valence-corrected chi connectivity index (χ4v) is 4.14. The van der Waals surface area contributed by atoms with E-state index in [4.69, 9.17) is 23.2 Å². The van der Waals surface area contributed by atoms with Gasteiger partial charge in [0.25, 0.3) is 5.56 Å². The molecule has 2 aromatic carbocycles. The van der Waals surface area contributed by atoms with Crippen molar-refractivity contribution in [2.24, 2.45) is 0 Å². The molecule has 9 heteroatoms. The topological polar surface area (TPSA) is 82.2 Å². The van der Waals surface area contributed by atoms with Crippen LogP contribution in [0, 0.1) is 11.3 Å². The summed E-state index contributed by atoms with van der Waals surface area (Å²) in [5, 5.41) is 10.5. The summed E-state index contributed by atoms with van der Waals surface area (Å²) in [6.45, 7) is -0.337. The molecule has 0 bridgehead atoms. The highest BCUT2D eigenvalue weighted by molar-refractivity contribution is 6.38. The highest BCUT2D eigenvalue weighted by Crippen LogP contribution is 2.40. The molecule has 0 spiro atoms. The number of carbonyl (C=O) groups excluding carboxylic acids is 1. The molecule has 0 fully saturated rings. The van der Waals surface area contributed by atoms with Gasteiger partial charge in [-0.05, 0) is 24.3 Å². The van der Waals surface area contributed by atoms with Gasteiger partial charge in [-0.3, -0.25) is 14.2 Å². The van der Waals surface area contributed by atoms with Crippen molar-refractivity contribution >= 4 is 51.3 Å². The number of carbonyl (C=O) groups is 1. The second kappa shape index (κ2) is 7.48. The number of halogens is 2. The van der Waals surface area contributed by atoms with Crippen LogP contribution in [-0.2, 0) is 11.3 Å². The molecule has 7 nitrogen and oxygen atoms in total. The van der Waals surface area contributed by atoms with E-state index in [1.807, 2.05) is 30.3 Å².